The molecule has 2 saturated heterocycles. The smallest absolute Gasteiger partial charge is 0.261 e. The van der Waals surface area contributed by atoms with E-state index in [4.69, 9.17) is 0 Å². The van der Waals surface area contributed by atoms with Crippen molar-refractivity contribution < 1.29 is 18.0 Å². The van der Waals surface area contributed by atoms with Crippen LogP contribution in [0.3, 0.4) is 0 Å². The number of likely N-dealkylation sites (tertiary alicyclic amines) is 1. The molecular weight excluding hydrogens is 548 g/mol. The maximum Gasteiger partial charge on any atom is 0.261 e. The third-order valence-corrected chi connectivity index (χ3v) is 10.9. The Morgan fingerprint density at radius 3 is 2.26 bits per heavy atom. The van der Waals surface area contributed by atoms with Crippen LogP contribution < -0.4 is 10.0 Å². The van der Waals surface area contributed by atoms with E-state index in [1.807, 2.05) is 24.0 Å². The first-order valence-electron chi connectivity index (χ1n) is 15.7. The molecule has 2 aliphatic heterocycles. The van der Waals surface area contributed by atoms with Crippen molar-refractivity contribution in [3.05, 3.63) is 59.7 Å². The molecule has 228 valence electrons. The zero-order valence-electron chi connectivity index (χ0n) is 25.1. The van der Waals surface area contributed by atoms with E-state index in [9.17, 15) is 18.0 Å². The molecule has 2 N–H and O–H groups in total. The lowest BCUT2D eigenvalue weighted by molar-refractivity contribution is -0.162. The summed E-state index contributed by atoms with van der Waals surface area (Å²) in [6, 6.07) is 13.9. The average molecular weight is 595 g/mol. The van der Waals surface area contributed by atoms with Gasteiger partial charge in [0.2, 0.25) is 11.8 Å². The second-order valence-corrected chi connectivity index (χ2v) is 14.2. The summed E-state index contributed by atoms with van der Waals surface area (Å²) in [6.45, 7) is 6.84. The van der Waals surface area contributed by atoms with Crippen LogP contribution in [0.25, 0.3) is 0 Å². The molecule has 1 unspecified atom stereocenters. The summed E-state index contributed by atoms with van der Waals surface area (Å²) < 4.78 is 28.1. The lowest BCUT2D eigenvalue weighted by Crippen LogP contribution is -2.73. The first-order valence-corrected chi connectivity index (χ1v) is 17.2. The minimum absolute atomic E-state index is 0.0314. The van der Waals surface area contributed by atoms with Gasteiger partial charge in [-0.15, -0.1) is 0 Å². The monoisotopic (exact) mass is 594 g/mol. The number of unbranched alkanes of at least 4 members (excludes halogenated alkanes) is 1. The van der Waals surface area contributed by atoms with E-state index in [-0.39, 0.29) is 22.8 Å². The molecule has 1 aliphatic carbocycles. The predicted octanol–water partition coefficient (Wildman–Crippen LogP) is 5.23. The average Bonchev–Trinajstić information content (AvgIpc) is 2.98. The SMILES string of the molecule is CCCCN1C(=O)C(CC2CCCCC2)NC(=O)C12CCN(Cc1ccc(NS(=O)(=O)c3ccc(C)cc3)cc1)CC2. The van der Waals surface area contributed by atoms with E-state index >= 15 is 0 Å². The number of carbonyl (C=O) groups is 2. The number of anilines is 1. The molecule has 3 fully saturated rings. The first kappa shape index (κ1) is 30.5. The largest absolute Gasteiger partial charge is 0.342 e. The van der Waals surface area contributed by atoms with Gasteiger partial charge in [0.05, 0.1) is 4.90 Å². The van der Waals surface area contributed by atoms with Gasteiger partial charge in [-0.2, -0.15) is 0 Å². The molecule has 42 heavy (non-hydrogen) atoms. The fourth-order valence-electron chi connectivity index (χ4n) is 6.88. The Hall–Kier alpha value is -2.91. The summed E-state index contributed by atoms with van der Waals surface area (Å²) in [6.07, 6.45) is 9.96. The van der Waals surface area contributed by atoms with Gasteiger partial charge in [-0.1, -0.05) is 75.3 Å². The Morgan fingerprint density at radius 1 is 0.952 bits per heavy atom. The lowest BCUT2D eigenvalue weighted by Gasteiger charge is -2.52. The standard InChI is InChI=1S/C33H46N4O4S/c1-3-4-20-37-31(38)30(23-26-8-6-5-7-9-26)34-32(39)33(37)18-21-36(22-19-33)24-27-12-14-28(15-13-27)35-42(40,41)29-16-10-25(2)11-17-29/h10-17,26,30,35H,3-9,18-24H2,1-2H3,(H,34,39). The number of hydrogen-bond acceptors (Lipinski definition) is 5. The number of piperazine rings is 1. The second-order valence-electron chi connectivity index (χ2n) is 12.5. The maximum atomic E-state index is 13.8. The molecule has 5 rings (SSSR count). The van der Waals surface area contributed by atoms with Crippen molar-refractivity contribution in [1.29, 1.82) is 0 Å². The summed E-state index contributed by atoms with van der Waals surface area (Å²) in [5.74, 6) is 0.677. The first-order chi connectivity index (χ1) is 20.2. The number of hydrogen-bond donors (Lipinski definition) is 2. The highest BCUT2D eigenvalue weighted by atomic mass is 32.2. The number of carbonyl (C=O) groups excluding carboxylic acids is 2. The zero-order valence-corrected chi connectivity index (χ0v) is 25.9. The van der Waals surface area contributed by atoms with Crippen LogP contribution in [0.2, 0.25) is 0 Å². The van der Waals surface area contributed by atoms with Gasteiger partial charge in [0.15, 0.2) is 0 Å². The van der Waals surface area contributed by atoms with Crippen LogP contribution in [0.4, 0.5) is 5.69 Å². The molecule has 1 spiro atoms. The van der Waals surface area contributed by atoms with Crippen LogP contribution in [-0.4, -0.2) is 61.2 Å². The van der Waals surface area contributed by atoms with Crippen molar-refractivity contribution in [2.75, 3.05) is 24.4 Å². The molecule has 2 aromatic rings. The van der Waals surface area contributed by atoms with Gasteiger partial charge in [-0.25, -0.2) is 8.42 Å². The molecule has 1 atom stereocenters. The van der Waals surface area contributed by atoms with E-state index in [0.717, 1.165) is 56.3 Å². The van der Waals surface area contributed by atoms with E-state index < -0.39 is 15.6 Å². The van der Waals surface area contributed by atoms with Crippen molar-refractivity contribution in [2.24, 2.45) is 5.92 Å². The number of benzene rings is 2. The molecule has 3 aliphatic rings. The number of amides is 2. The van der Waals surface area contributed by atoms with Gasteiger partial charge in [-0.3, -0.25) is 19.2 Å². The summed E-state index contributed by atoms with van der Waals surface area (Å²) in [7, 11) is -3.65. The molecule has 1 saturated carbocycles. The Balaban J connectivity index is 1.20. The van der Waals surface area contributed by atoms with E-state index in [0.29, 0.717) is 37.5 Å². The fraction of sp³-hybridized carbons (Fsp3) is 0.576. The summed E-state index contributed by atoms with van der Waals surface area (Å²) in [5, 5.41) is 3.18. The quantitative estimate of drug-likeness (QED) is 0.393. The minimum atomic E-state index is -3.65. The topological polar surface area (TPSA) is 98.8 Å². The molecule has 2 aromatic carbocycles. The number of nitrogens with zero attached hydrogens (tertiary/aromatic N) is 2. The molecule has 2 amide bonds. The van der Waals surface area contributed by atoms with Crippen molar-refractivity contribution in [3.63, 3.8) is 0 Å². The van der Waals surface area contributed by atoms with Crippen LogP contribution in [0, 0.1) is 12.8 Å². The van der Waals surface area contributed by atoms with Crippen molar-refractivity contribution in [2.45, 2.75) is 101 Å². The lowest BCUT2D eigenvalue weighted by atomic mass is 9.79. The number of sulfonamides is 1. The highest BCUT2D eigenvalue weighted by Crippen LogP contribution is 2.36. The maximum absolute atomic E-state index is 13.8. The minimum Gasteiger partial charge on any atom is -0.342 e. The number of nitrogens with one attached hydrogen (secondary N) is 2. The molecule has 2 heterocycles. The van der Waals surface area contributed by atoms with Crippen molar-refractivity contribution in [1.82, 2.24) is 15.1 Å². The Bertz CT molecular complexity index is 1330. The van der Waals surface area contributed by atoms with Gasteiger partial charge in [0, 0.05) is 31.9 Å². The molecule has 0 aromatic heterocycles. The van der Waals surface area contributed by atoms with Gasteiger partial charge >= 0.3 is 0 Å². The van der Waals surface area contributed by atoms with Gasteiger partial charge in [0.25, 0.3) is 10.0 Å². The van der Waals surface area contributed by atoms with E-state index in [2.05, 4.69) is 21.9 Å². The highest BCUT2D eigenvalue weighted by Gasteiger charge is 2.53. The van der Waals surface area contributed by atoms with Gasteiger partial charge < -0.3 is 10.2 Å². The van der Waals surface area contributed by atoms with Crippen LogP contribution in [-0.2, 0) is 26.2 Å². The Kier molecular flexibility index (Phi) is 9.57. The molecule has 9 heteroatoms. The normalized spacial score (nSPS) is 21.9. The second kappa shape index (κ2) is 13.2. The van der Waals surface area contributed by atoms with Crippen LogP contribution in [0.1, 0.15) is 82.3 Å². The number of aryl methyl sites for hydroxylation is 1. The van der Waals surface area contributed by atoms with Gasteiger partial charge in [-0.05, 0) is 68.4 Å². The Morgan fingerprint density at radius 2 is 1.62 bits per heavy atom. The van der Waals surface area contributed by atoms with Crippen LogP contribution >= 0.6 is 0 Å². The van der Waals surface area contributed by atoms with Crippen LogP contribution in [0.15, 0.2) is 53.4 Å². The number of piperidine rings is 1. The molecule has 8 nitrogen and oxygen atoms in total. The van der Waals surface area contributed by atoms with Crippen molar-refractivity contribution >= 4 is 27.5 Å². The summed E-state index contributed by atoms with van der Waals surface area (Å²) in [4.78, 5) is 32.0. The van der Waals surface area contributed by atoms with Gasteiger partial charge in [0.1, 0.15) is 11.6 Å². The summed E-state index contributed by atoms with van der Waals surface area (Å²) in [5.41, 5.74) is 1.84. The molecule has 0 radical (unpaired) electrons. The highest BCUT2D eigenvalue weighted by molar-refractivity contribution is 7.92. The fourth-order valence-corrected chi connectivity index (χ4v) is 7.94. The van der Waals surface area contributed by atoms with E-state index in [1.165, 1.54) is 19.3 Å². The van der Waals surface area contributed by atoms with E-state index in [1.54, 1.807) is 36.4 Å². The van der Waals surface area contributed by atoms with Crippen LogP contribution in [0.5, 0.6) is 0 Å². The third kappa shape index (κ3) is 6.83. The predicted molar refractivity (Wildman–Crippen MR) is 165 cm³/mol. The van der Waals surface area contributed by atoms with Crippen molar-refractivity contribution in [3.8, 4) is 0 Å². The third-order valence-electron chi connectivity index (χ3n) is 9.46. The Labute approximate surface area is 251 Å². The summed E-state index contributed by atoms with van der Waals surface area (Å²) >= 11 is 0. The zero-order chi connectivity index (χ0) is 29.7. The number of rotatable bonds is 10. The molecular formula is C33H46N4O4S. The molecule has 0 bridgehead atoms.